The van der Waals surface area contributed by atoms with Gasteiger partial charge in [0.05, 0.1) is 12.5 Å². The highest BCUT2D eigenvalue weighted by molar-refractivity contribution is 5.86. The van der Waals surface area contributed by atoms with Gasteiger partial charge in [-0.2, -0.15) is 0 Å². The van der Waals surface area contributed by atoms with Crippen molar-refractivity contribution in [2.24, 2.45) is 0 Å². The van der Waals surface area contributed by atoms with Crippen LogP contribution in [-0.2, 0) is 22.7 Å². The van der Waals surface area contributed by atoms with E-state index < -0.39 is 0 Å². The molecule has 0 radical (unpaired) electrons. The van der Waals surface area contributed by atoms with Gasteiger partial charge in [0, 0.05) is 0 Å². The van der Waals surface area contributed by atoms with Crippen molar-refractivity contribution in [3.8, 4) is 0 Å². The predicted octanol–water partition coefficient (Wildman–Crippen LogP) is 4.16. The normalized spacial score (nSPS) is 10.0. The van der Waals surface area contributed by atoms with Crippen LogP contribution in [0.25, 0.3) is 10.8 Å². The molecule has 0 aliphatic heterocycles. The van der Waals surface area contributed by atoms with E-state index in [1.54, 1.807) is 0 Å². The molecule has 0 N–H and O–H groups in total. The van der Waals surface area contributed by atoms with Crippen molar-refractivity contribution in [1.82, 2.24) is 0 Å². The van der Waals surface area contributed by atoms with E-state index in [0.29, 0.717) is 13.2 Å². The van der Waals surface area contributed by atoms with Crippen molar-refractivity contribution >= 4 is 10.8 Å². The highest BCUT2D eigenvalue weighted by Crippen LogP contribution is 2.21. The third-order valence-electron chi connectivity index (χ3n) is 2.76. The second-order valence-corrected chi connectivity index (χ2v) is 3.93. The number of hydrogen-bond donors (Lipinski definition) is 0. The molecule has 0 aliphatic rings. The van der Waals surface area contributed by atoms with Crippen LogP contribution < -0.4 is 0 Å². The molecule has 0 aliphatic carbocycles. The van der Waals surface area contributed by atoms with Crippen molar-refractivity contribution in [3.05, 3.63) is 73.2 Å². The molecule has 0 aromatic heterocycles. The van der Waals surface area contributed by atoms with E-state index in [-0.39, 0.29) is 0 Å². The lowest BCUT2D eigenvalue weighted by molar-refractivity contribution is 0.237. The Labute approximate surface area is 107 Å². The number of ether oxygens (including phenoxy) is 2. The smallest absolute Gasteiger partial charge is 0.113 e. The Hall–Kier alpha value is -2.22. The molecule has 0 fully saturated rings. The van der Waals surface area contributed by atoms with Gasteiger partial charge in [-0.25, -0.2) is 0 Å². The Bertz CT molecular complexity index is 558. The Morgan fingerprint density at radius 2 is 1.72 bits per heavy atom. The summed E-state index contributed by atoms with van der Waals surface area (Å²) in [5, 5.41) is 2.38. The quantitative estimate of drug-likeness (QED) is 0.706. The molecule has 0 unspecified atom stereocenters. The van der Waals surface area contributed by atoms with Gasteiger partial charge in [-0.1, -0.05) is 43.5 Å². The molecule has 2 rings (SSSR count). The van der Waals surface area contributed by atoms with Gasteiger partial charge < -0.3 is 9.47 Å². The Balaban J connectivity index is 2.37. The summed E-state index contributed by atoms with van der Waals surface area (Å²) in [7, 11) is 0. The predicted molar refractivity (Wildman–Crippen MR) is 73.9 cm³/mol. The molecular formula is C16H16O2. The topological polar surface area (TPSA) is 18.5 Å². The SMILES string of the molecule is C=COCc1ccc2cccc(COC=C)c2c1. The van der Waals surface area contributed by atoms with Crippen molar-refractivity contribution in [2.75, 3.05) is 0 Å². The highest BCUT2D eigenvalue weighted by atomic mass is 16.5. The third-order valence-corrected chi connectivity index (χ3v) is 2.76. The molecule has 0 heterocycles. The van der Waals surface area contributed by atoms with Crippen LogP contribution in [0.2, 0.25) is 0 Å². The average molecular weight is 240 g/mol. The zero-order chi connectivity index (χ0) is 12.8. The van der Waals surface area contributed by atoms with Crippen LogP contribution in [0.1, 0.15) is 11.1 Å². The summed E-state index contributed by atoms with van der Waals surface area (Å²) in [6, 6.07) is 12.5. The Morgan fingerprint density at radius 3 is 2.50 bits per heavy atom. The maximum atomic E-state index is 5.27. The lowest BCUT2D eigenvalue weighted by Crippen LogP contribution is -1.91. The third kappa shape index (κ3) is 2.72. The van der Waals surface area contributed by atoms with Crippen molar-refractivity contribution in [2.45, 2.75) is 13.2 Å². The first-order valence-electron chi connectivity index (χ1n) is 5.80. The summed E-state index contributed by atoms with van der Waals surface area (Å²) < 4.78 is 10.5. The summed E-state index contributed by atoms with van der Waals surface area (Å²) in [5.74, 6) is 0. The minimum absolute atomic E-state index is 0.534. The molecule has 0 amide bonds. The zero-order valence-electron chi connectivity index (χ0n) is 10.3. The lowest BCUT2D eigenvalue weighted by atomic mass is 10.0. The fourth-order valence-corrected chi connectivity index (χ4v) is 1.90. The first kappa shape index (κ1) is 12.2. The van der Waals surface area contributed by atoms with E-state index in [0.717, 1.165) is 11.1 Å². The van der Waals surface area contributed by atoms with Crippen molar-refractivity contribution < 1.29 is 9.47 Å². The molecule has 0 atom stereocenters. The summed E-state index contributed by atoms with van der Waals surface area (Å²) in [6.07, 6.45) is 2.92. The van der Waals surface area contributed by atoms with Gasteiger partial charge >= 0.3 is 0 Å². The maximum Gasteiger partial charge on any atom is 0.113 e. The van der Waals surface area contributed by atoms with Crippen LogP contribution in [0.3, 0.4) is 0 Å². The van der Waals surface area contributed by atoms with Crippen LogP contribution in [0.4, 0.5) is 0 Å². The molecule has 0 bridgehead atoms. The van der Waals surface area contributed by atoms with Crippen LogP contribution in [0, 0.1) is 0 Å². The molecule has 2 aromatic carbocycles. The fourth-order valence-electron chi connectivity index (χ4n) is 1.90. The molecule has 92 valence electrons. The second-order valence-electron chi connectivity index (χ2n) is 3.93. The molecule has 2 nitrogen and oxygen atoms in total. The maximum absolute atomic E-state index is 5.27. The largest absolute Gasteiger partial charge is 0.497 e. The standard InChI is InChI=1S/C16H16O2/c1-3-17-11-13-8-9-14-6-5-7-15(12-18-4-2)16(14)10-13/h3-10H,1-2,11-12H2. The highest BCUT2D eigenvalue weighted by Gasteiger charge is 2.02. The van der Waals surface area contributed by atoms with Crippen LogP contribution in [0.5, 0.6) is 0 Å². The number of benzene rings is 2. The Kier molecular flexibility index (Phi) is 4.02. The molecule has 2 aromatic rings. The van der Waals surface area contributed by atoms with E-state index in [2.05, 4.69) is 43.5 Å². The van der Waals surface area contributed by atoms with Gasteiger partial charge in [-0.05, 0) is 28.0 Å². The number of rotatable bonds is 6. The summed E-state index contributed by atoms with van der Waals surface area (Å²) in [4.78, 5) is 0. The number of hydrogen-bond acceptors (Lipinski definition) is 2. The van der Waals surface area contributed by atoms with E-state index in [1.165, 1.54) is 23.3 Å². The molecule has 0 spiro atoms. The van der Waals surface area contributed by atoms with Gasteiger partial charge in [-0.15, -0.1) is 0 Å². The zero-order valence-corrected chi connectivity index (χ0v) is 10.3. The fraction of sp³-hybridized carbons (Fsp3) is 0.125. The van der Waals surface area contributed by atoms with E-state index in [4.69, 9.17) is 9.47 Å². The van der Waals surface area contributed by atoms with Crippen molar-refractivity contribution in [3.63, 3.8) is 0 Å². The summed E-state index contributed by atoms with van der Waals surface area (Å²) in [5.41, 5.74) is 2.27. The average Bonchev–Trinajstić information content (AvgIpc) is 2.42. The molecule has 0 saturated carbocycles. The summed E-state index contributed by atoms with van der Waals surface area (Å²) >= 11 is 0. The van der Waals surface area contributed by atoms with Crippen LogP contribution >= 0.6 is 0 Å². The van der Waals surface area contributed by atoms with Crippen molar-refractivity contribution in [1.29, 1.82) is 0 Å². The molecular weight excluding hydrogens is 224 g/mol. The molecule has 18 heavy (non-hydrogen) atoms. The molecule has 0 saturated heterocycles. The van der Waals surface area contributed by atoms with E-state index >= 15 is 0 Å². The van der Waals surface area contributed by atoms with Gasteiger partial charge in [0.25, 0.3) is 0 Å². The van der Waals surface area contributed by atoms with Gasteiger partial charge in [0.1, 0.15) is 13.2 Å². The minimum atomic E-state index is 0.534. The lowest BCUT2D eigenvalue weighted by Gasteiger charge is -2.08. The monoisotopic (exact) mass is 240 g/mol. The van der Waals surface area contributed by atoms with E-state index in [1.807, 2.05) is 6.07 Å². The summed E-state index contributed by atoms with van der Waals surface area (Å²) in [6.45, 7) is 8.18. The Morgan fingerprint density at radius 1 is 0.944 bits per heavy atom. The minimum Gasteiger partial charge on any atom is -0.497 e. The van der Waals surface area contributed by atoms with Crippen LogP contribution in [-0.4, -0.2) is 0 Å². The van der Waals surface area contributed by atoms with Gasteiger partial charge in [0.15, 0.2) is 0 Å². The molecule has 2 heteroatoms. The first-order valence-corrected chi connectivity index (χ1v) is 5.80. The van der Waals surface area contributed by atoms with Gasteiger partial charge in [0.2, 0.25) is 0 Å². The van der Waals surface area contributed by atoms with E-state index in [9.17, 15) is 0 Å². The second kappa shape index (κ2) is 5.92. The first-order chi connectivity index (χ1) is 8.85. The number of fused-ring (bicyclic) bond motifs is 1. The van der Waals surface area contributed by atoms with Gasteiger partial charge in [-0.3, -0.25) is 0 Å². The van der Waals surface area contributed by atoms with Crippen LogP contribution in [0.15, 0.2) is 62.1 Å².